The molecule has 10 nitrogen and oxygen atoms in total. The van der Waals surface area contributed by atoms with Crippen molar-refractivity contribution in [1.82, 2.24) is 24.8 Å². The van der Waals surface area contributed by atoms with Gasteiger partial charge in [0, 0.05) is 19.1 Å². The van der Waals surface area contributed by atoms with Crippen LogP contribution in [-0.4, -0.2) is 37.1 Å². The first kappa shape index (κ1) is 22.1. The molecular weight excluding hydrogens is 424 g/mol. The Morgan fingerprint density at radius 1 is 1.24 bits per heavy atom. The minimum Gasteiger partial charge on any atom is -0.492 e. The minimum atomic E-state index is -0.673. The van der Waals surface area contributed by atoms with Crippen LogP contribution in [0.25, 0.3) is 5.65 Å². The van der Waals surface area contributed by atoms with Gasteiger partial charge in [-0.15, -0.1) is 0 Å². The molecule has 2 aromatic heterocycles. The van der Waals surface area contributed by atoms with E-state index in [-0.39, 0.29) is 41.8 Å². The van der Waals surface area contributed by atoms with Crippen molar-refractivity contribution in [3.63, 3.8) is 0 Å². The molecule has 2 amide bonds. The van der Waals surface area contributed by atoms with E-state index in [1.165, 1.54) is 10.8 Å². The molecule has 1 aliphatic rings. The number of nitrogens with one attached hydrogen (secondary N) is 2. The fourth-order valence-corrected chi connectivity index (χ4v) is 3.54. The average molecular weight is 448 g/mol. The fraction of sp³-hybridized carbons (Fsp3) is 0.348. The van der Waals surface area contributed by atoms with Crippen LogP contribution in [0.15, 0.2) is 35.3 Å². The van der Waals surface area contributed by atoms with Crippen molar-refractivity contribution in [2.45, 2.75) is 45.8 Å². The van der Waals surface area contributed by atoms with Gasteiger partial charge >= 0.3 is 0 Å². The van der Waals surface area contributed by atoms with Crippen molar-refractivity contribution in [3.05, 3.63) is 63.1 Å². The Hall–Kier alpha value is -4.13. The van der Waals surface area contributed by atoms with Crippen LogP contribution in [-0.2, 0) is 13.1 Å². The second kappa shape index (κ2) is 8.78. The summed E-state index contributed by atoms with van der Waals surface area (Å²) in [6, 6.07) is 8.83. The highest BCUT2D eigenvalue weighted by Crippen LogP contribution is 2.23. The molecule has 1 saturated carbocycles. The maximum atomic E-state index is 13.2. The van der Waals surface area contributed by atoms with E-state index in [0.29, 0.717) is 5.56 Å². The Bertz CT molecular complexity index is 1330. The summed E-state index contributed by atoms with van der Waals surface area (Å²) in [6.07, 6.45) is 2.93. The number of hydrogen-bond donors (Lipinski definition) is 3. The van der Waals surface area contributed by atoms with E-state index < -0.39 is 23.3 Å². The van der Waals surface area contributed by atoms with Crippen LogP contribution in [0, 0.1) is 17.2 Å². The molecular formula is C23H24N6O4. The number of nitrogens with zero attached hydrogens (tertiary/aromatic N) is 4. The summed E-state index contributed by atoms with van der Waals surface area (Å²) in [5.74, 6) is -1.71. The molecule has 1 fully saturated rings. The normalized spacial score (nSPS) is 13.2. The zero-order valence-corrected chi connectivity index (χ0v) is 18.3. The number of nitriles is 1. The summed E-state index contributed by atoms with van der Waals surface area (Å²) in [5.41, 5.74) is 0.469. The molecule has 3 N–H and O–H groups in total. The van der Waals surface area contributed by atoms with Crippen LogP contribution in [0.4, 0.5) is 0 Å². The lowest BCUT2D eigenvalue weighted by Crippen LogP contribution is -2.36. The number of carbonyl (C=O) groups is 2. The van der Waals surface area contributed by atoms with Gasteiger partial charge in [0.15, 0.2) is 11.2 Å². The van der Waals surface area contributed by atoms with E-state index in [9.17, 15) is 19.5 Å². The lowest BCUT2D eigenvalue weighted by molar-refractivity contribution is 0.0940. The van der Waals surface area contributed by atoms with Gasteiger partial charge in [-0.2, -0.15) is 14.9 Å². The van der Waals surface area contributed by atoms with Gasteiger partial charge < -0.3 is 15.7 Å². The van der Waals surface area contributed by atoms with Crippen LogP contribution in [0.2, 0.25) is 0 Å². The van der Waals surface area contributed by atoms with E-state index in [0.717, 1.165) is 22.9 Å². The Labute approximate surface area is 189 Å². The summed E-state index contributed by atoms with van der Waals surface area (Å²) in [5, 5.41) is 29.2. The number of fused-ring (bicyclic) bond motifs is 1. The Morgan fingerprint density at radius 3 is 2.55 bits per heavy atom. The summed E-state index contributed by atoms with van der Waals surface area (Å²) in [4.78, 5) is 38.8. The number of benzene rings is 1. The van der Waals surface area contributed by atoms with Gasteiger partial charge in [0.25, 0.3) is 17.4 Å². The summed E-state index contributed by atoms with van der Waals surface area (Å²) >= 11 is 0. The summed E-state index contributed by atoms with van der Waals surface area (Å²) in [7, 11) is 0. The molecule has 2 heterocycles. The first-order chi connectivity index (χ1) is 15.8. The smallest absolute Gasteiger partial charge is 0.270 e. The van der Waals surface area contributed by atoms with Crippen LogP contribution in [0.1, 0.15) is 58.5 Å². The Balaban J connectivity index is 1.71. The first-order valence-corrected chi connectivity index (χ1v) is 10.7. The third-order valence-electron chi connectivity index (χ3n) is 5.35. The quantitative estimate of drug-likeness (QED) is 0.501. The molecule has 0 unspecified atom stereocenters. The van der Waals surface area contributed by atoms with Gasteiger partial charge in [-0.25, -0.2) is 0 Å². The summed E-state index contributed by atoms with van der Waals surface area (Å²) < 4.78 is 2.37. The molecule has 1 aliphatic carbocycles. The van der Waals surface area contributed by atoms with Crippen LogP contribution >= 0.6 is 0 Å². The molecule has 0 aliphatic heterocycles. The van der Waals surface area contributed by atoms with Gasteiger partial charge in [0.1, 0.15) is 5.56 Å². The van der Waals surface area contributed by atoms with E-state index in [1.807, 2.05) is 19.9 Å². The maximum Gasteiger partial charge on any atom is 0.270 e. The zero-order valence-electron chi connectivity index (χ0n) is 18.3. The van der Waals surface area contributed by atoms with E-state index >= 15 is 0 Å². The number of hydrogen-bond acceptors (Lipinski definition) is 6. The lowest BCUT2D eigenvalue weighted by Gasteiger charge is -2.15. The molecule has 170 valence electrons. The van der Waals surface area contributed by atoms with E-state index in [2.05, 4.69) is 15.7 Å². The highest BCUT2D eigenvalue weighted by atomic mass is 16.3. The summed E-state index contributed by atoms with van der Waals surface area (Å²) in [6.45, 7) is 4.24. The molecule has 3 aromatic rings. The largest absolute Gasteiger partial charge is 0.492 e. The van der Waals surface area contributed by atoms with Gasteiger partial charge in [-0.3, -0.25) is 19.0 Å². The van der Waals surface area contributed by atoms with Gasteiger partial charge in [0.2, 0.25) is 5.88 Å². The number of amides is 2. The highest BCUT2D eigenvalue weighted by Gasteiger charge is 2.30. The van der Waals surface area contributed by atoms with Crippen molar-refractivity contribution in [1.29, 1.82) is 5.26 Å². The molecule has 4 rings (SSSR count). The predicted octanol–water partition coefficient (Wildman–Crippen LogP) is 1.55. The van der Waals surface area contributed by atoms with Crippen molar-refractivity contribution in [2.75, 3.05) is 0 Å². The van der Waals surface area contributed by atoms with Crippen LogP contribution < -0.4 is 16.2 Å². The number of aromatic nitrogens is 3. The fourth-order valence-electron chi connectivity index (χ4n) is 3.54. The third kappa shape index (κ3) is 4.43. The highest BCUT2D eigenvalue weighted by molar-refractivity contribution is 6.01. The second-order valence-corrected chi connectivity index (χ2v) is 8.54. The minimum absolute atomic E-state index is 0.00623. The molecule has 33 heavy (non-hydrogen) atoms. The zero-order chi connectivity index (χ0) is 23.7. The van der Waals surface area contributed by atoms with Crippen LogP contribution in [0.5, 0.6) is 5.88 Å². The van der Waals surface area contributed by atoms with Crippen LogP contribution in [0.3, 0.4) is 0 Å². The topological polar surface area (TPSA) is 142 Å². The Kier molecular flexibility index (Phi) is 5.87. The number of rotatable bonds is 7. The van der Waals surface area contributed by atoms with Gasteiger partial charge in [-0.05, 0) is 36.5 Å². The molecule has 0 atom stereocenters. The van der Waals surface area contributed by atoms with Gasteiger partial charge in [-0.1, -0.05) is 26.0 Å². The second-order valence-electron chi connectivity index (χ2n) is 8.54. The lowest BCUT2D eigenvalue weighted by atomic mass is 10.1. The number of aromatic hydroxyl groups is 1. The monoisotopic (exact) mass is 448 g/mol. The standard InChI is InChI=1S/C23H24N6O4/c1-13(2)12-28-21-17(19(30)25-10-15-5-3-14(9-24)4-6-15)11-26-29(21)23(33)18(22(28)32)20(31)27-16-7-8-16/h3-6,11,13,16,33H,7-8,10,12H2,1-2H3,(H,25,30)(H,27,31). The molecule has 0 spiro atoms. The average Bonchev–Trinajstić information content (AvgIpc) is 3.48. The third-order valence-corrected chi connectivity index (χ3v) is 5.35. The molecule has 0 saturated heterocycles. The SMILES string of the molecule is CC(C)Cn1c(=O)c(C(=O)NC2CC2)c(O)n2ncc(C(=O)NCc3ccc(C#N)cc3)c12. The van der Waals surface area contributed by atoms with E-state index in [4.69, 9.17) is 5.26 Å². The van der Waals surface area contributed by atoms with E-state index in [1.54, 1.807) is 24.3 Å². The van der Waals surface area contributed by atoms with Gasteiger partial charge in [0.05, 0.1) is 17.8 Å². The Morgan fingerprint density at radius 2 is 1.94 bits per heavy atom. The van der Waals surface area contributed by atoms with Crippen molar-refractivity contribution < 1.29 is 14.7 Å². The predicted molar refractivity (Wildman–Crippen MR) is 119 cm³/mol. The molecule has 1 aromatic carbocycles. The maximum absolute atomic E-state index is 13.2. The number of carbonyl (C=O) groups excluding carboxylic acids is 2. The first-order valence-electron chi connectivity index (χ1n) is 10.7. The van der Waals surface area contributed by atoms with Crippen molar-refractivity contribution in [3.8, 4) is 11.9 Å². The molecule has 10 heteroatoms. The van der Waals surface area contributed by atoms with Crippen molar-refractivity contribution in [2.24, 2.45) is 5.92 Å². The molecule has 0 bridgehead atoms. The molecule has 0 radical (unpaired) electrons. The van der Waals surface area contributed by atoms with Crippen molar-refractivity contribution >= 4 is 17.5 Å².